The van der Waals surface area contributed by atoms with Crippen LogP contribution >= 0.6 is 0 Å². The Morgan fingerprint density at radius 1 is 1.14 bits per heavy atom. The fraction of sp³-hybridized carbons (Fsp3) is 0.450. The van der Waals surface area contributed by atoms with E-state index in [-0.39, 0.29) is 5.97 Å². The number of esters is 1. The quantitative estimate of drug-likeness (QED) is 0.582. The average Bonchev–Trinajstić information content (AvgIpc) is 3.18. The zero-order valence-electron chi connectivity index (χ0n) is 16.6. The number of aromatic nitrogens is 4. The van der Waals surface area contributed by atoms with E-state index in [4.69, 9.17) is 9.15 Å². The van der Waals surface area contributed by atoms with Crippen molar-refractivity contribution in [2.75, 3.05) is 36.0 Å². The number of oxazole rings is 1. The van der Waals surface area contributed by atoms with Gasteiger partial charge in [0.25, 0.3) is 6.01 Å². The molecule has 4 heterocycles. The first-order chi connectivity index (χ1) is 14.1. The monoisotopic (exact) mass is 396 g/mol. The molecule has 1 atom stereocenters. The number of pyridine rings is 1. The van der Waals surface area contributed by atoms with Crippen LogP contribution in [0.2, 0.25) is 0 Å². The maximum atomic E-state index is 11.7. The highest BCUT2D eigenvalue weighted by Gasteiger charge is 2.23. The van der Waals surface area contributed by atoms with Crippen LogP contribution in [0.3, 0.4) is 0 Å². The van der Waals surface area contributed by atoms with E-state index in [1.807, 2.05) is 25.1 Å². The number of anilines is 2. The maximum absolute atomic E-state index is 11.7. The molecule has 1 aliphatic heterocycles. The molecule has 1 fully saturated rings. The summed E-state index contributed by atoms with van der Waals surface area (Å²) in [5.74, 6) is 1.11. The minimum atomic E-state index is -0.470. The molecule has 9 nitrogen and oxygen atoms in total. The van der Waals surface area contributed by atoms with E-state index in [9.17, 15) is 4.79 Å². The predicted octanol–water partition coefficient (Wildman–Crippen LogP) is 2.74. The third kappa shape index (κ3) is 4.28. The van der Waals surface area contributed by atoms with Crippen molar-refractivity contribution in [1.82, 2.24) is 19.9 Å². The van der Waals surface area contributed by atoms with Gasteiger partial charge in [-0.25, -0.2) is 15.0 Å². The number of fused-ring (bicyclic) bond motifs is 1. The van der Waals surface area contributed by atoms with Crippen molar-refractivity contribution in [3.63, 3.8) is 0 Å². The van der Waals surface area contributed by atoms with Gasteiger partial charge < -0.3 is 19.0 Å². The molecule has 1 saturated heterocycles. The van der Waals surface area contributed by atoms with Crippen molar-refractivity contribution in [2.45, 2.75) is 32.8 Å². The van der Waals surface area contributed by atoms with E-state index >= 15 is 0 Å². The van der Waals surface area contributed by atoms with E-state index in [2.05, 4.69) is 29.7 Å². The summed E-state index contributed by atoms with van der Waals surface area (Å²) in [6.45, 7) is 6.80. The lowest BCUT2D eigenvalue weighted by Crippen LogP contribution is -2.47. The van der Waals surface area contributed by atoms with Gasteiger partial charge in [-0.2, -0.15) is 4.98 Å². The van der Waals surface area contributed by atoms with Crippen LogP contribution in [0.1, 0.15) is 38.6 Å². The smallest absolute Gasteiger partial charge is 0.306 e. The standard InChI is InChI=1S/C20H24N6O3/c1-3-5-17(27)28-14(2)18-21-9-7-16(24-18)25-10-12-26(13-11-25)20-23-15-6-4-8-22-19(15)29-20/h4,6-9,14H,3,5,10-13H2,1-2H3. The fourth-order valence-electron chi connectivity index (χ4n) is 3.27. The second kappa shape index (κ2) is 8.42. The third-order valence-corrected chi connectivity index (χ3v) is 4.81. The summed E-state index contributed by atoms with van der Waals surface area (Å²) in [6.07, 6.45) is 4.09. The third-order valence-electron chi connectivity index (χ3n) is 4.81. The van der Waals surface area contributed by atoms with Crippen molar-refractivity contribution in [3.8, 4) is 0 Å². The average molecular weight is 396 g/mol. The highest BCUT2D eigenvalue weighted by atomic mass is 16.5. The van der Waals surface area contributed by atoms with Crippen LogP contribution in [-0.4, -0.2) is 52.1 Å². The van der Waals surface area contributed by atoms with Gasteiger partial charge in [-0.05, 0) is 31.5 Å². The summed E-state index contributed by atoms with van der Waals surface area (Å²) in [5, 5.41) is 0. The number of hydrogen-bond acceptors (Lipinski definition) is 9. The molecule has 29 heavy (non-hydrogen) atoms. The van der Waals surface area contributed by atoms with Gasteiger partial charge in [-0.15, -0.1) is 0 Å². The number of hydrogen-bond donors (Lipinski definition) is 0. The molecule has 0 N–H and O–H groups in total. The summed E-state index contributed by atoms with van der Waals surface area (Å²) in [7, 11) is 0. The fourth-order valence-corrected chi connectivity index (χ4v) is 3.27. The largest absolute Gasteiger partial charge is 0.454 e. The summed E-state index contributed by atoms with van der Waals surface area (Å²) >= 11 is 0. The van der Waals surface area contributed by atoms with Crippen molar-refractivity contribution in [2.24, 2.45) is 0 Å². The Morgan fingerprint density at radius 3 is 2.69 bits per heavy atom. The van der Waals surface area contributed by atoms with Crippen LogP contribution < -0.4 is 9.80 Å². The minimum Gasteiger partial charge on any atom is -0.454 e. The van der Waals surface area contributed by atoms with Gasteiger partial charge in [0.05, 0.1) is 0 Å². The van der Waals surface area contributed by atoms with Gasteiger partial charge in [0.2, 0.25) is 5.71 Å². The van der Waals surface area contributed by atoms with E-state index in [0.717, 1.165) is 43.9 Å². The van der Waals surface area contributed by atoms with Gasteiger partial charge >= 0.3 is 5.97 Å². The summed E-state index contributed by atoms with van der Waals surface area (Å²) < 4.78 is 11.2. The molecule has 0 amide bonds. The molecular formula is C20H24N6O3. The Labute approximate surface area is 168 Å². The van der Waals surface area contributed by atoms with E-state index < -0.39 is 6.10 Å². The number of nitrogens with zero attached hydrogens (tertiary/aromatic N) is 6. The van der Waals surface area contributed by atoms with Crippen LogP contribution in [-0.2, 0) is 9.53 Å². The zero-order valence-corrected chi connectivity index (χ0v) is 16.6. The number of rotatable bonds is 6. The van der Waals surface area contributed by atoms with Crippen LogP contribution in [0.4, 0.5) is 11.8 Å². The highest BCUT2D eigenvalue weighted by Crippen LogP contribution is 2.23. The Bertz CT molecular complexity index is 950. The first kappa shape index (κ1) is 19.1. The molecule has 0 aromatic carbocycles. The Kier molecular flexibility index (Phi) is 5.55. The number of piperazine rings is 1. The van der Waals surface area contributed by atoms with E-state index in [1.165, 1.54) is 0 Å². The van der Waals surface area contributed by atoms with Crippen LogP contribution in [0.25, 0.3) is 11.2 Å². The first-order valence-corrected chi connectivity index (χ1v) is 9.88. The van der Waals surface area contributed by atoms with Gasteiger partial charge in [0, 0.05) is 45.0 Å². The molecule has 0 spiro atoms. The maximum Gasteiger partial charge on any atom is 0.306 e. The highest BCUT2D eigenvalue weighted by molar-refractivity contribution is 5.70. The SMILES string of the molecule is CCCC(=O)OC(C)c1nccc(N2CCN(c3nc4cccnc4o3)CC2)n1. The summed E-state index contributed by atoms with van der Waals surface area (Å²) in [5.41, 5.74) is 1.31. The lowest BCUT2D eigenvalue weighted by Gasteiger charge is -2.34. The lowest BCUT2D eigenvalue weighted by atomic mass is 10.3. The number of carbonyl (C=O) groups excluding carboxylic acids is 1. The summed E-state index contributed by atoms with van der Waals surface area (Å²) in [4.78, 5) is 33.6. The molecule has 0 saturated carbocycles. The minimum absolute atomic E-state index is 0.226. The molecule has 4 rings (SSSR count). The number of carbonyl (C=O) groups is 1. The van der Waals surface area contributed by atoms with Crippen LogP contribution in [0.5, 0.6) is 0 Å². The Hall–Kier alpha value is -3.23. The topological polar surface area (TPSA) is 97.5 Å². The second-order valence-corrected chi connectivity index (χ2v) is 6.95. The predicted molar refractivity (Wildman–Crippen MR) is 108 cm³/mol. The normalized spacial score (nSPS) is 15.5. The van der Waals surface area contributed by atoms with E-state index in [1.54, 1.807) is 19.3 Å². The molecule has 3 aromatic rings. The van der Waals surface area contributed by atoms with Gasteiger partial charge in [0.15, 0.2) is 11.9 Å². The van der Waals surface area contributed by atoms with Gasteiger partial charge in [-0.1, -0.05) is 6.92 Å². The molecular weight excluding hydrogens is 372 g/mol. The second-order valence-electron chi connectivity index (χ2n) is 6.95. The Balaban J connectivity index is 1.40. The molecule has 1 unspecified atom stereocenters. The molecule has 3 aromatic heterocycles. The zero-order chi connectivity index (χ0) is 20.2. The lowest BCUT2D eigenvalue weighted by molar-refractivity contribution is -0.149. The van der Waals surface area contributed by atoms with Crippen LogP contribution in [0, 0.1) is 0 Å². The first-order valence-electron chi connectivity index (χ1n) is 9.88. The number of ether oxygens (including phenoxy) is 1. The molecule has 0 radical (unpaired) electrons. The van der Waals surface area contributed by atoms with Crippen molar-refractivity contribution < 1.29 is 13.9 Å². The van der Waals surface area contributed by atoms with Gasteiger partial charge in [0.1, 0.15) is 11.3 Å². The van der Waals surface area contributed by atoms with E-state index in [0.29, 0.717) is 24.0 Å². The summed E-state index contributed by atoms with van der Waals surface area (Å²) in [6, 6.07) is 6.21. The van der Waals surface area contributed by atoms with Crippen LogP contribution in [0.15, 0.2) is 35.0 Å². The molecule has 0 bridgehead atoms. The molecule has 9 heteroatoms. The van der Waals surface area contributed by atoms with Gasteiger partial charge in [-0.3, -0.25) is 4.79 Å². The molecule has 0 aliphatic carbocycles. The molecule has 152 valence electrons. The van der Waals surface area contributed by atoms with Crippen molar-refractivity contribution in [1.29, 1.82) is 0 Å². The Morgan fingerprint density at radius 2 is 1.93 bits per heavy atom. The molecule has 1 aliphatic rings. The van der Waals surface area contributed by atoms with Crippen molar-refractivity contribution >= 4 is 29.0 Å². The van der Waals surface area contributed by atoms with Crippen molar-refractivity contribution in [3.05, 3.63) is 36.4 Å².